The highest BCUT2D eigenvalue weighted by atomic mass is 15.1. The fourth-order valence-electron chi connectivity index (χ4n) is 2.47. The molecule has 0 aliphatic carbocycles. The maximum Gasteiger partial charge on any atom is 0.143 e. The Morgan fingerprint density at radius 1 is 1.25 bits per heavy atom. The predicted molar refractivity (Wildman–Crippen MR) is 81.0 cm³/mol. The second-order valence-corrected chi connectivity index (χ2v) is 4.76. The molecular formula is C16H18N4. The van der Waals surface area contributed by atoms with E-state index >= 15 is 0 Å². The van der Waals surface area contributed by atoms with E-state index in [0.717, 1.165) is 30.1 Å². The minimum Gasteiger partial charge on any atom is -0.316 e. The second-order valence-electron chi connectivity index (χ2n) is 4.76. The molecule has 0 spiro atoms. The first-order valence-corrected chi connectivity index (χ1v) is 6.89. The van der Waals surface area contributed by atoms with Gasteiger partial charge in [0.25, 0.3) is 0 Å². The number of pyridine rings is 1. The zero-order chi connectivity index (χ0) is 13.9. The van der Waals surface area contributed by atoms with E-state index in [1.807, 2.05) is 37.6 Å². The van der Waals surface area contributed by atoms with Crippen LogP contribution in [0.25, 0.3) is 16.7 Å². The number of benzene rings is 1. The third-order valence-electron chi connectivity index (χ3n) is 3.41. The Kier molecular flexibility index (Phi) is 3.48. The van der Waals surface area contributed by atoms with Crippen LogP contribution in [-0.2, 0) is 13.0 Å². The molecule has 0 saturated carbocycles. The molecule has 2 heterocycles. The Morgan fingerprint density at radius 3 is 2.90 bits per heavy atom. The molecule has 102 valence electrons. The fraction of sp³-hybridized carbons (Fsp3) is 0.250. The van der Waals surface area contributed by atoms with Crippen LogP contribution in [0.15, 0.2) is 42.7 Å². The number of fused-ring (bicyclic) bond motifs is 1. The normalized spacial score (nSPS) is 11.1. The van der Waals surface area contributed by atoms with Gasteiger partial charge in [-0.3, -0.25) is 4.57 Å². The Balaban J connectivity index is 2.24. The third-order valence-corrected chi connectivity index (χ3v) is 3.41. The van der Waals surface area contributed by atoms with Gasteiger partial charge in [-0.2, -0.15) is 0 Å². The fourth-order valence-corrected chi connectivity index (χ4v) is 2.47. The van der Waals surface area contributed by atoms with Gasteiger partial charge in [-0.1, -0.05) is 25.1 Å². The Hall–Kier alpha value is -2.20. The number of para-hydroxylation sites is 1. The number of aromatic nitrogens is 3. The molecule has 0 saturated heterocycles. The van der Waals surface area contributed by atoms with Crippen molar-refractivity contribution in [2.75, 3.05) is 7.05 Å². The number of aryl methyl sites for hydroxylation is 1. The van der Waals surface area contributed by atoms with Crippen molar-refractivity contribution in [3.63, 3.8) is 0 Å². The third kappa shape index (κ3) is 2.18. The summed E-state index contributed by atoms with van der Waals surface area (Å²) in [5.74, 6) is 2.00. The molecule has 0 amide bonds. The van der Waals surface area contributed by atoms with Crippen LogP contribution in [0, 0.1) is 0 Å². The quantitative estimate of drug-likeness (QED) is 0.789. The lowest BCUT2D eigenvalue weighted by Crippen LogP contribution is -2.12. The zero-order valence-electron chi connectivity index (χ0n) is 11.8. The highest BCUT2D eigenvalue weighted by molar-refractivity contribution is 5.80. The minimum absolute atomic E-state index is 0.786. The standard InChI is InChI=1S/C16H18N4/c1-3-15-18-8-9-20(15)16-13(11-17-2)10-12-6-4-5-7-14(12)19-16/h4-10,17H,3,11H2,1-2H3. The Bertz CT molecular complexity index is 730. The summed E-state index contributed by atoms with van der Waals surface area (Å²) in [6, 6.07) is 10.4. The molecule has 0 fully saturated rings. The molecule has 4 heteroatoms. The van der Waals surface area contributed by atoms with Crippen molar-refractivity contribution in [3.8, 4) is 5.82 Å². The van der Waals surface area contributed by atoms with Crippen molar-refractivity contribution in [1.82, 2.24) is 19.9 Å². The van der Waals surface area contributed by atoms with Gasteiger partial charge in [0.15, 0.2) is 0 Å². The highest BCUT2D eigenvalue weighted by Gasteiger charge is 2.11. The summed E-state index contributed by atoms with van der Waals surface area (Å²) >= 11 is 0. The van der Waals surface area contributed by atoms with Gasteiger partial charge in [-0.25, -0.2) is 9.97 Å². The van der Waals surface area contributed by atoms with Crippen molar-refractivity contribution in [2.45, 2.75) is 19.9 Å². The van der Waals surface area contributed by atoms with Crippen LogP contribution in [0.1, 0.15) is 18.3 Å². The minimum atomic E-state index is 0.786. The largest absolute Gasteiger partial charge is 0.316 e. The van der Waals surface area contributed by atoms with E-state index in [2.05, 4.69) is 33.9 Å². The number of hydrogen-bond acceptors (Lipinski definition) is 3. The highest BCUT2D eigenvalue weighted by Crippen LogP contribution is 2.21. The van der Waals surface area contributed by atoms with Gasteiger partial charge in [0.05, 0.1) is 5.52 Å². The Labute approximate surface area is 118 Å². The van der Waals surface area contributed by atoms with Crippen LogP contribution in [0.3, 0.4) is 0 Å². The first-order chi connectivity index (χ1) is 9.83. The summed E-state index contributed by atoms with van der Waals surface area (Å²) in [5, 5.41) is 4.38. The van der Waals surface area contributed by atoms with Crippen LogP contribution in [-0.4, -0.2) is 21.6 Å². The van der Waals surface area contributed by atoms with Crippen molar-refractivity contribution in [3.05, 3.63) is 54.1 Å². The molecule has 4 nitrogen and oxygen atoms in total. The van der Waals surface area contributed by atoms with Crippen molar-refractivity contribution in [2.24, 2.45) is 0 Å². The molecule has 0 radical (unpaired) electrons. The lowest BCUT2D eigenvalue weighted by molar-refractivity contribution is 0.788. The van der Waals surface area contributed by atoms with Crippen LogP contribution in [0.5, 0.6) is 0 Å². The zero-order valence-corrected chi connectivity index (χ0v) is 11.8. The van der Waals surface area contributed by atoms with E-state index in [0.29, 0.717) is 0 Å². The summed E-state index contributed by atoms with van der Waals surface area (Å²) < 4.78 is 2.08. The molecule has 0 unspecified atom stereocenters. The molecule has 1 N–H and O–H groups in total. The molecule has 0 bridgehead atoms. The number of imidazole rings is 1. The second kappa shape index (κ2) is 5.43. The van der Waals surface area contributed by atoms with Crippen LogP contribution in [0.2, 0.25) is 0 Å². The SMILES string of the molecule is CCc1nccn1-c1nc2ccccc2cc1CNC. The first kappa shape index (κ1) is 12.8. The Morgan fingerprint density at radius 2 is 2.10 bits per heavy atom. The molecule has 2 aromatic heterocycles. The van der Waals surface area contributed by atoms with Crippen LogP contribution >= 0.6 is 0 Å². The van der Waals surface area contributed by atoms with E-state index in [9.17, 15) is 0 Å². The van der Waals surface area contributed by atoms with E-state index in [1.165, 1.54) is 10.9 Å². The molecule has 3 rings (SSSR count). The smallest absolute Gasteiger partial charge is 0.143 e. The number of nitrogens with zero attached hydrogens (tertiary/aromatic N) is 3. The molecule has 0 aliphatic rings. The van der Waals surface area contributed by atoms with Gasteiger partial charge in [0.1, 0.15) is 11.6 Å². The summed E-state index contributed by atoms with van der Waals surface area (Å²) in [6.45, 7) is 2.89. The van der Waals surface area contributed by atoms with Gasteiger partial charge in [0, 0.05) is 36.3 Å². The number of rotatable bonds is 4. The summed E-state index contributed by atoms with van der Waals surface area (Å²) in [5.41, 5.74) is 2.19. The first-order valence-electron chi connectivity index (χ1n) is 6.89. The lowest BCUT2D eigenvalue weighted by atomic mass is 10.1. The van der Waals surface area contributed by atoms with E-state index in [1.54, 1.807) is 0 Å². The molecule has 0 atom stereocenters. The van der Waals surface area contributed by atoms with Crippen LogP contribution < -0.4 is 5.32 Å². The van der Waals surface area contributed by atoms with E-state index < -0.39 is 0 Å². The van der Waals surface area contributed by atoms with Gasteiger partial charge >= 0.3 is 0 Å². The molecule has 1 aromatic carbocycles. The predicted octanol–water partition coefficient (Wildman–Crippen LogP) is 2.70. The van der Waals surface area contributed by atoms with Crippen molar-refractivity contribution < 1.29 is 0 Å². The van der Waals surface area contributed by atoms with Gasteiger partial charge in [-0.05, 0) is 19.2 Å². The average Bonchev–Trinajstić information content (AvgIpc) is 2.95. The molecule has 0 aliphatic heterocycles. The van der Waals surface area contributed by atoms with Gasteiger partial charge < -0.3 is 5.32 Å². The average molecular weight is 266 g/mol. The summed E-state index contributed by atoms with van der Waals surface area (Å²) in [4.78, 5) is 9.22. The maximum atomic E-state index is 4.83. The van der Waals surface area contributed by atoms with E-state index in [-0.39, 0.29) is 0 Å². The van der Waals surface area contributed by atoms with Gasteiger partial charge in [-0.15, -0.1) is 0 Å². The molecule has 20 heavy (non-hydrogen) atoms. The monoisotopic (exact) mass is 266 g/mol. The molecular weight excluding hydrogens is 248 g/mol. The summed E-state index contributed by atoms with van der Waals surface area (Å²) in [7, 11) is 1.95. The van der Waals surface area contributed by atoms with Crippen molar-refractivity contribution >= 4 is 10.9 Å². The number of nitrogens with one attached hydrogen (secondary N) is 1. The van der Waals surface area contributed by atoms with Crippen molar-refractivity contribution in [1.29, 1.82) is 0 Å². The number of hydrogen-bond donors (Lipinski definition) is 1. The molecule has 3 aromatic rings. The van der Waals surface area contributed by atoms with Gasteiger partial charge in [0.2, 0.25) is 0 Å². The van der Waals surface area contributed by atoms with E-state index in [4.69, 9.17) is 4.98 Å². The van der Waals surface area contributed by atoms with Crippen LogP contribution in [0.4, 0.5) is 0 Å². The lowest BCUT2D eigenvalue weighted by Gasteiger charge is -2.13. The maximum absolute atomic E-state index is 4.83. The summed E-state index contributed by atoms with van der Waals surface area (Å²) in [6.07, 6.45) is 4.70. The topological polar surface area (TPSA) is 42.7 Å².